The molecule has 3 rings (SSSR count). The Morgan fingerprint density at radius 1 is 1.10 bits per heavy atom. The summed E-state index contributed by atoms with van der Waals surface area (Å²) in [6.07, 6.45) is 5.46. The third-order valence-electron chi connectivity index (χ3n) is 4.19. The van der Waals surface area contributed by atoms with Gasteiger partial charge in [-0.3, -0.25) is 4.98 Å². The summed E-state index contributed by atoms with van der Waals surface area (Å²) in [6.45, 7) is 0.914. The van der Waals surface area contributed by atoms with E-state index in [1.54, 1.807) is 0 Å². The van der Waals surface area contributed by atoms with E-state index in [4.69, 9.17) is 0 Å². The third kappa shape index (κ3) is 3.90. The van der Waals surface area contributed by atoms with Gasteiger partial charge in [0.25, 0.3) is 0 Å². The molecule has 2 N–H and O–H groups in total. The molecule has 1 atom stereocenters. The first-order chi connectivity index (χ1) is 10.4. The smallest absolute Gasteiger partial charge is 0.0685 e. The minimum absolute atomic E-state index is 0.103. The highest BCUT2D eigenvalue weighted by molar-refractivity contribution is 5.26. The zero-order valence-electron chi connectivity index (χ0n) is 12.2. The molecular formula is C18H22N2O. The zero-order chi connectivity index (χ0) is 14.5. The number of nitrogens with zero attached hydrogens (tertiary/aromatic N) is 1. The first kappa shape index (κ1) is 14.2. The fourth-order valence-electron chi connectivity index (χ4n) is 2.77. The standard InChI is InChI=1S/C18H22N2O/c21-13-16-6-2-1-5-15(16)12-20-18(14-8-9-14)11-17-7-3-4-10-19-17/h1-7,10,14,18,20-21H,8-9,11-13H2. The van der Waals surface area contributed by atoms with Gasteiger partial charge in [0.05, 0.1) is 6.61 Å². The average molecular weight is 282 g/mol. The average Bonchev–Trinajstić information content (AvgIpc) is 3.37. The fraction of sp³-hybridized carbons (Fsp3) is 0.389. The Bertz CT molecular complexity index is 566. The summed E-state index contributed by atoms with van der Waals surface area (Å²) in [5, 5.41) is 13.1. The van der Waals surface area contributed by atoms with Gasteiger partial charge in [0.15, 0.2) is 0 Å². The van der Waals surface area contributed by atoms with Gasteiger partial charge in [-0.1, -0.05) is 30.3 Å². The third-order valence-corrected chi connectivity index (χ3v) is 4.19. The van der Waals surface area contributed by atoms with Crippen LogP contribution >= 0.6 is 0 Å². The lowest BCUT2D eigenvalue weighted by Gasteiger charge is -2.19. The SMILES string of the molecule is OCc1ccccc1CNC(Cc1ccccn1)C1CC1. The minimum atomic E-state index is 0.103. The van der Waals surface area contributed by atoms with Gasteiger partial charge in [-0.2, -0.15) is 0 Å². The molecule has 1 aromatic carbocycles. The van der Waals surface area contributed by atoms with E-state index >= 15 is 0 Å². The van der Waals surface area contributed by atoms with Gasteiger partial charge in [0.2, 0.25) is 0 Å². The van der Waals surface area contributed by atoms with E-state index in [-0.39, 0.29) is 6.61 Å². The molecule has 0 bridgehead atoms. The largest absolute Gasteiger partial charge is 0.392 e. The van der Waals surface area contributed by atoms with E-state index < -0.39 is 0 Å². The maximum absolute atomic E-state index is 9.40. The summed E-state index contributed by atoms with van der Waals surface area (Å²) >= 11 is 0. The van der Waals surface area contributed by atoms with Crippen molar-refractivity contribution in [2.24, 2.45) is 5.92 Å². The van der Waals surface area contributed by atoms with Gasteiger partial charge in [-0.15, -0.1) is 0 Å². The lowest BCUT2D eigenvalue weighted by Crippen LogP contribution is -2.33. The summed E-state index contributed by atoms with van der Waals surface area (Å²) in [4.78, 5) is 4.44. The second kappa shape index (κ2) is 6.83. The van der Waals surface area contributed by atoms with E-state index in [0.717, 1.165) is 30.1 Å². The molecule has 0 saturated heterocycles. The summed E-state index contributed by atoms with van der Waals surface area (Å²) in [5.41, 5.74) is 3.35. The Hall–Kier alpha value is -1.71. The predicted molar refractivity (Wildman–Crippen MR) is 83.7 cm³/mol. The molecular weight excluding hydrogens is 260 g/mol. The number of rotatable bonds is 7. The van der Waals surface area contributed by atoms with Gasteiger partial charge in [-0.05, 0) is 42.0 Å². The molecule has 3 nitrogen and oxygen atoms in total. The van der Waals surface area contributed by atoms with Crippen LogP contribution in [-0.2, 0) is 19.6 Å². The maximum atomic E-state index is 9.40. The van der Waals surface area contributed by atoms with Crippen LogP contribution in [0.15, 0.2) is 48.7 Å². The highest BCUT2D eigenvalue weighted by Gasteiger charge is 2.31. The number of pyridine rings is 1. The van der Waals surface area contributed by atoms with Crippen molar-refractivity contribution in [2.75, 3.05) is 0 Å². The van der Waals surface area contributed by atoms with Crippen LogP contribution in [0.3, 0.4) is 0 Å². The van der Waals surface area contributed by atoms with Crippen molar-refractivity contribution in [3.63, 3.8) is 0 Å². The first-order valence-corrected chi connectivity index (χ1v) is 7.68. The van der Waals surface area contributed by atoms with Crippen molar-refractivity contribution in [3.8, 4) is 0 Å². The topological polar surface area (TPSA) is 45.1 Å². The van der Waals surface area contributed by atoms with Gasteiger partial charge in [-0.25, -0.2) is 0 Å². The molecule has 1 aromatic heterocycles. The Morgan fingerprint density at radius 3 is 2.52 bits per heavy atom. The van der Waals surface area contributed by atoms with Crippen molar-refractivity contribution < 1.29 is 5.11 Å². The monoisotopic (exact) mass is 282 g/mol. The van der Waals surface area contributed by atoms with Gasteiger partial charge in [0.1, 0.15) is 0 Å². The molecule has 0 spiro atoms. The number of hydrogen-bond donors (Lipinski definition) is 2. The van der Waals surface area contributed by atoms with Crippen LogP contribution in [0.25, 0.3) is 0 Å². The molecule has 1 unspecified atom stereocenters. The predicted octanol–water partition coefficient (Wildman–Crippen LogP) is 2.68. The number of aliphatic hydroxyl groups is 1. The zero-order valence-corrected chi connectivity index (χ0v) is 12.2. The maximum Gasteiger partial charge on any atom is 0.0685 e. The molecule has 1 saturated carbocycles. The normalized spacial score (nSPS) is 15.9. The van der Waals surface area contributed by atoms with Gasteiger partial charge < -0.3 is 10.4 Å². The molecule has 0 radical (unpaired) electrons. The van der Waals surface area contributed by atoms with Crippen LogP contribution in [0, 0.1) is 5.92 Å². The molecule has 110 valence electrons. The van der Waals surface area contributed by atoms with E-state index in [1.165, 1.54) is 18.4 Å². The van der Waals surface area contributed by atoms with E-state index in [9.17, 15) is 5.11 Å². The quantitative estimate of drug-likeness (QED) is 0.820. The van der Waals surface area contributed by atoms with Crippen molar-refractivity contribution in [1.29, 1.82) is 0 Å². The molecule has 1 aliphatic carbocycles. The van der Waals surface area contributed by atoms with Crippen LogP contribution in [-0.4, -0.2) is 16.1 Å². The minimum Gasteiger partial charge on any atom is -0.392 e. The van der Waals surface area contributed by atoms with Crippen LogP contribution < -0.4 is 5.32 Å². The van der Waals surface area contributed by atoms with Gasteiger partial charge >= 0.3 is 0 Å². The van der Waals surface area contributed by atoms with E-state index in [0.29, 0.717) is 6.04 Å². The second-order valence-electron chi connectivity index (χ2n) is 5.78. The molecule has 1 aliphatic rings. The van der Waals surface area contributed by atoms with Crippen molar-refractivity contribution in [3.05, 3.63) is 65.5 Å². The molecule has 0 amide bonds. The molecule has 21 heavy (non-hydrogen) atoms. The second-order valence-corrected chi connectivity index (χ2v) is 5.78. The molecule has 0 aliphatic heterocycles. The first-order valence-electron chi connectivity index (χ1n) is 7.68. The Kier molecular flexibility index (Phi) is 4.63. The van der Waals surface area contributed by atoms with Crippen LogP contribution in [0.4, 0.5) is 0 Å². The summed E-state index contributed by atoms with van der Waals surface area (Å²) < 4.78 is 0. The number of aliphatic hydroxyl groups excluding tert-OH is 1. The summed E-state index contributed by atoms with van der Waals surface area (Å²) in [6, 6.07) is 14.7. The number of hydrogen-bond acceptors (Lipinski definition) is 3. The van der Waals surface area contributed by atoms with E-state index in [1.807, 2.05) is 36.5 Å². The molecule has 2 aromatic rings. The van der Waals surface area contributed by atoms with Gasteiger partial charge in [0, 0.05) is 30.9 Å². The highest BCUT2D eigenvalue weighted by Crippen LogP contribution is 2.34. The Balaban J connectivity index is 1.63. The fourth-order valence-corrected chi connectivity index (χ4v) is 2.77. The Labute approximate surface area is 126 Å². The van der Waals surface area contributed by atoms with Crippen molar-refractivity contribution in [1.82, 2.24) is 10.3 Å². The summed E-state index contributed by atoms with van der Waals surface area (Å²) in [7, 11) is 0. The highest BCUT2D eigenvalue weighted by atomic mass is 16.3. The number of aromatic nitrogens is 1. The van der Waals surface area contributed by atoms with Crippen LogP contribution in [0.1, 0.15) is 29.7 Å². The number of nitrogens with one attached hydrogen (secondary N) is 1. The molecule has 1 heterocycles. The number of benzene rings is 1. The van der Waals surface area contributed by atoms with Crippen LogP contribution in [0.5, 0.6) is 0 Å². The lowest BCUT2D eigenvalue weighted by molar-refractivity contribution is 0.280. The van der Waals surface area contributed by atoms with E-state index in [2.05, 4.69) is 22.4 Å². The van der Waals surface area contributed by atoms with Crippen molar-refractivity contribution >= 4 is 0 Å². The molecule has 1 fully saturated rings. The Morgan fingerprint density at radius 2 is 1.86 bits per heavy atom. The lowest BCUT2D eigenvalue weighted by atomic mass is 10.0. The van der Waals surface area contributed by atoms with Crippen LogP contribution in [0.2, 0.25) is 0 Å². The summed E-state index contributed by atoms with van der Waals surface area (Å²) in [5.74, 6) is 0.772. The molecule has 3 heteroatoms. The van der Waals surface area contributed by atoms with Crippen molar-refractivity contribution in [2.45, 2.75) is 38.5 Å².